The van der Waals surface area contributed by atoms with Crippen LogP contribution < -0.4 is 16.2 Å². The third-order valence-electron chi connectivity index (χ3n) is 3.79. The number of carbonyl (C=O) groups is 2. The molecule has 1 aliphatic rings. The molecule has 4 atom stereocenters. The lowest BCUT2D eigenvalue weighted by atomic mass is 10.0. The molecule has 0 radical (unpaired) electrons. The van der Waals surface area contributed by atoms with Crippen LogP contribution in [0.5, 0.6) is 0 Å². The van der Waals surface area contributed by atoms with Crippen LogP contribution in [-0.4, -0.2) is 36.4 Å². The van der Waals surface area contributed by atoms with E-state index in [4.69, 9.17) is 11.6 Å². The van der Waals surface area contributed by atoms with E-state index in [2.05, 4.69) is 20.9 Å². The molecule has 0 spiro atoms. The van der Waals surface area contributed by atoms with Crippen molar-refractivity contribution in [3.8, 4) is 0 Å². The molecule has 1 aliphatic heterocycles. The minimum absolute atomic E-state index is 0.0387. The second-order valence-corrected chi connectivity index (χ2v) is 5.72. The Hall–Kier alpha value is -1.70. The molecule has 8 heteroatoms. The van der Waals surface area contributed by atoms with Gasteiger partial charge in [-0.05, 0) is 12.5 Å². The van der Waals surface area contributed by atoms with Crippen LogP contribution in [0.2, 0.25) is 0 Å². The zero-order chi connectivity index (χ0) is 17.0. The van der Waals surface area contributed by atoms with E-state index in [0.717, 1.165) is 6.42 Å². The monoisotopic (exact) mass is 343 g/mol. The van der Waals surface area contributed by atoms with Gasteiger partial charge in [0.15, 0.2) is 6.04 Å². The molecule has 23 heavy (non-hydrogen) atoms. The fraction of sp³-hybridized carbons (Fsp3) is 0.467. The van der Waals surface area contributed by atoms with Gasteiger partial charge >= 0.3 is 5.97 Å². The van der Waals surface area contributed by atoms with Crippen molar-refractivity contribution in [2.45, 2.75) is 36.8 Å². The Balaban J connectivity index is 2.17. The first-order chi connectivity index (χ1) is 11.0. The van der Waals surface area contributed by atoms with Gasteiger partial charge in [-0.25, -0.2) is 14.6 Å². The minimum atomic E-state index is -1.24. The van der Waals surface area contributed by atoms with Crippen molar-refractivity contribution >= 4 is 23.5 Å². The highest BCUT2D eigenvalue weighted by Gasteiger charge is 2.39. The Morgan fingerprint density at radius 2 is 2.09 bits per heavy atom. The van der Waals surface area contributed by atoms with Gasteiger partial charge < -0.3 is 10.1 Å². The third-order valence-corrected chi connectivity index (χ3v) is 4.35. The number of ether oxygens (including phenoxy) is 1. The molecule has 6 nitrogen and oxygen atoms in total. The number of rotatable bonds is 5. The topological polar surface area (TPSA) is 79.5 Å². The predicted octanol–water partition coefficient (Wildman–Crippen LogP) is 1.02. The highest BCUT2D eigenvalue weighted by molar-refractivity contribution is 6.23. The molecule has 3 N–H and O–H groups in total. The van der Waals surface area contributed by atoms with Crippen molar-refractivity contribution in [2.75, 3.05) is 7.11 Å². The maximum atomic E-state index is 13.9. The van der Waals surface area contributed by atoms with Crippen LogP contribution in [0.1, 0.15) is 24.9 Å². The summed E-state index contributed by atoms with van der Waals surface area (Å²) in [6.45, 7) is 1.94. The third kappa shape index (κ3) is 3.80. The second kappa shape index (κ2) is 7.72. The zero-order valence-electron chi connectivity index (χ0n) is 12.8. The lowest BCUT2D eigenvalue weighted by Gasteiger charge is -2.21. The largest absolute Gasteiger partial charge is 0.467 e. The fourth-order valence-electron chi connectivity index (χ4n) is 2.45. The maximum Gasteiger partial charge on any atom is 0.333 e. The van der Waals surface area contributed by atoms with E-state index in [-0.39, 0.29) is 11.6 Å². The van der Waals surface area contributed by atoms with Gasteiger partial charge in [0.2, 0.25) is 5.91 Å². The van der Waals surface area contributed by atoms with Gasteiger partial charge in [-0.3, -0.25) is 10.2 Å². The molecule has 1 heterocycles. The van der Waals surface area contributed by atoms with Gasteiger partial charge in [0.05, 0.1) is 12.5 Å². The smallest absolute Gasteiger partial charge is 0.333 e. The molecule has 2 rings (SSSR count). The zero-order valence-corrected chi connectivity index (χ0v) is 13.6. The van der Waals surface area contributed by atoms with Crippen LogP contribution in [0, 0.1) is 5.82 Å². The molecule has 1 amide bonds. The molecule has 0 aromatic heterocycles. The first kappa shape index (κ1) is 17.7. The van der Waals surface area contributed by atoms with E-state index < -0.39 is 35.2 Å². The number of hydrazine groups is 1. The highest BCUT2D eigenvalue weighted by atomic mass is 35.5. The van der Waals surface area contributed by atoms with E-state index in [1.165, 1.54) is 25.3 Å². The maximum absolute atomic E-state index is 13.9. The minimum Gasteiger partial charge on any atom is -0.467 e. The van der Waals surface area contributed by atoms with Crippen molar-refractivity contribution in [3.05, 3.63) is 35.6 Å². The van der Waals surface area contributed by atoms with Gasteiger partial charge in [-0.15, -0.1) is 11.6 Å². The number of methoxy groups -OCH3 is 1. The van der Waals surface area contributed by atoms with E-state index in [1.54, 1.807) is 6.07 Å². The molecule has 1 fully saturated rings. The quantitative estimate of drug-likeness (QED) is 0.549. The van der Waals surface area contributed by atoms with Gasteiger partial charge in [-0.1, -0.05) is 25.1 Å². The summed E-state index contributed by atoms with van der Waals surface area (Å²) in [5, 5.41) is 2.01. The van der Waals surface area contributed by atoms with E-state index in [0.29, 0.717) is 0 Å². The van der Waals surface area contributed by atoms with Crippen LogP contribution in [0.15, 0.2) is 24.3 Å². The molecule has 0 aliphatic carbocycles. The summed E-state index contributed by atoms with van der Waals surface area (Å²) in [5.41, 5.74) is 5.76. The Kier molecular flexibility index (Phi) is 5.92. The molecular formula is C15H19ClFN3O3. The lowest BCUT2D eigenvalue weighted by Crippen LogP contribution is -2.48. The van der Waals surface area contributed by atoms with E-state index >= 15 is 0 Å². The number of alkyl halides is 1. The van der Waals surface area contributed by atoms with Crippen LogP contribution in [0.3, 0.4) is 0 Å². The summed E-state index contributed by atoms with van der Waals surface area (Å²) < 4.78 is 18.6. The van der Waals surface area contributed by atoms with Crippen molar-refractivity contribution in [2.24, 2.45) is 0 Å². The summed E-state index contributed by atoms with van der Waals surface area (Å²) in [6.07, 6.45) is 0.735. The van der Waals surface area contributed by atoms with Gasteiger partial charge in [0, 0.05) is 11.6 Å². The molecule has 1 saturated heterocycles. The average Bonchev–Trinajstić information content (AvgIpc) is 2.93. The Morgan fingerprint density at radius 1 is 1.39 bits per heavy atom. The normalized spacial score (nSPS) is 25.0. The number of esters is 1. The van der Waals surface area contributed by atoms with Crippen molar-refractivity contribution in [3.63, 3.8) is 0 Å². The molecule has 126 valence electrons. The number of hydrogen-bond donors (Lipinski definition) is 3. The van der Waals surface area contributed by atoms with Gasteiger partial charge in [0.1, 0.15) is 11.9 Å². The summed E-state index contributed by atoms with van der Waals surface area (Å²) in [4.78, 5) is 24.3. The number of nitrogens with one attached hydrogen (secondary N) is 3. The predicted molar refractivity (Wildman–Crippen MR) is 83.1 cm³/mol. The molecule has 0 saturated carbocycles. The summed E-state index contributed by atoms with van der Waals surface area (Å²) in [5.74, 6) is -1.87. The Labute approximate surface area is 138 Å². The lowest BCUT2D eigenvalue weighted by molar-refractivity contribution is -0.145. The Bertz CT molecular complexity index is 587. The van der Waals surface area contributed by atoms with Gasteiger partial charge in [-0.2, -0.15) is 0 Å². The summed E-state index contributed by atoms with van der Waals surface area (Å²) in [7, 11) is 1.18. The first-order valence-electron chi connectivity index (χ1n) is 7.27. The molecule has 4 unspecified atom stereocenters. The molecule has 0 bridgehead atoms. The van der Waals surface area contributed by atoms with Crippen LogP contribution in [0.4, 0.5) is 4.39 Å². The Morgan fingerprint density at radius 3 is 2.65 bits per heavy atom. The van der Waals surface area contributed by atoms with Crippen molar-refractivity contribution in [1.82, 2.24) is 16.2 Å². The highest BCUT2D eigenvalue weighted by Crippen LogP contribution is 2.21. The van der Waals surface area contributed by atoms with Crippen LogP contribution in [0.25, 0.3) is 0 Å². The van der Waals surface area contributed by atoms with Gasteiger partial charge in [0.25, 0.3) is 0 Å². The van der Waals surface area contributed by atoms with Crippen molar-refractivity contribution in [1.29, 1.82) is 0 Å². The number of carbonyl (C=O) groups excluding carboxylic acids is 2. The average molecular weight is 344 g/mol. The van der Waals surface area contributed by atoms with E-state index in [1.807, 2.05) is 6.92 Å². The second-order valence-electron chi connectivity index (χ2n) is 5.21. The standard InChI is InChI=1S/C15H19ClFN3O3/c1-3-10-11(16)13(20-19-10)14(21)18-12(15(22)23-2)8-6-4-5-7-9(8)17/h4-7,10-13,19-20H,3H2,1-2H3,(H,18,21). The number of halogens is 2. The summed E-state index contributed by atoms with van der Waals surface area (Å²) >= 11 is 6.24. The van der Waals surface area contributed by atoms with Crippen molar-refractivity contribution < 1.29 is 18.7 Å². The van der Waals surface area contributed by atoms with Crippen LogP contribution >= 0.6 is 11.6 Å². The number of amides is 1. The fourth-order valence-corrected chi connectivity index (χ4v) is 2.87. The van der Waals surface area contributed by atoms with E-state index in [9.17, 15) is 14.0 Å². The number of hydrogen-bond acceptors (Lipinski definition) is 5. The first-order valence-corrected chi connectivity index (χ1v) is 7.71. The summed E-state index contributed by atoms with van der Waals surface area (Å²) in [6, 6.07) is 3.67. The SMILES string of the molecule is CCC1NNC(C(=O)NC(C(=O)OC)c2ccccc2F)C1Cl. The molecule has 1 aromatic carbocycles. The molecule has 1 aromatic rings. The van der Waals surface area contributed by atoms with Crippen LogP contribution in [-0.2, 0) is 14.3 Å². The number of benzene rings is 1. The molecular weight excluding hydrogens is 325 g/mol.